The zero-order chi connectivity index (χ0) is 20.2. The topological polar surface area (TPSA) is 68.8 Å². The second-order valence-corrected chi connectivity index (χ2v) is 8.14. The Hall–Kier alpha value is -2.93. The predicted molar refractivity (Wildman–Crippen MR) is 116 cm³/mol. The van der Waals surface area contributed by atoms with Gasteiger partial charge in [0.1, 0.15) is 17.2 Å². The van der Waals surface area contributed by atoms with Gasteiger partial charge in [0.15, 0.2) is 5.13 Å². The molecule has 150 valence electrons. The van der Waals surface area contributed by atoms with Gasteiger partial charge in [0.25, 0.3) is 0 Å². The zero-order valence-electron chi connectivity index (χ0n) is 17.0. The van der Waals surface area contributed by atoms with Gasteiger partial charge in [-0.15, -0.1) is 0 Å². The average molecular weight is 408 g/mol. The lowest BCUT2D eigenvalue weighted by atomic mass is 10.2. The number of pyridine rings is 1. The van der Waals surface area contributed by atoms with Crippen molar-refractivity contribution in [1.82, 2.24) is 19.7 Å². The SMILES string of the molecule is Cc1cccc(CCCn2ccc(-c3sc(NCc4ccc(C)o4)nc3C)n2)n1. The Labute approximate surface area is 174 Å². The van der Waals surface area contributed by atoms with Gasteiger partial charge in [-0.2, -0.15) is 5.10 Å². The lowest BCUT2D eigenvalue weighted by Gasteiger charge is -2.03. The van der Waals surface area contributed by atoms with Gasteiger partial charge in [0.05, 0.1) is 17.1 Å². The number of thiazole rings is 1. The number of hydrogen-bond acceptors (Lipinski definition) is 6. The first-order valence-electron chi connectivity index (χ1n) is 9.80. The molecule has 0 saturated carbocycles. The van der Waals surface area contributed by atoms with E-state index in [1.165, 1.54) is 0 Å². The Balaban J connectivity index is 1.35. The molecule has 1 N–H and O–H groups in total. The molecule has 7 heteroatoms. The molecular weight excluding hydrogens is 382 g/mol. The van der Waals surface area contributed by atoms with Crippen LogP contribution in [0.3, 0.4) is 0 Å². The van der Waals surface area contributed by atoms with E-state index in [1.807, 2.05) is 49.8 Å². The largest absolute Gasteiger partial charge is 0.465 e. The molecule has 0 bridgehead atoms. The minimum Gasteiger partial charge on any atom is -0.465 e. The van der Waals surface area contributed by atoms with Gasteiger partial charge in [-0.25, -0.2) is 4.98 Å². The maximum absolute atomic E-state index is 5.60. The monoisotopic (exact) mass is 407 g/mol. The standard InChI is InChI=1S/C22H25N5OS/c1-15-6-4-7-18(24-15)8-5-12-27-13-11-20(26-27)21-17(3)25-22(29-21)23-14-19-10-9-16(2)28-19/h4,6-7,9-11,13H,5,8,12,14H2,1-3H3,(H,23,25). The summed E-state index contributed by atoms with van der Waals surface area (Å²) >= 11 is 1.62. The van der Waals surface area contributed by atoms with Crippen molar-refractivity contribution in [2.75, 3.05) is 5.32 Å². The minimum absolute atomic E-state index is 0.627. The summed E-state index contributed by atoms with van der Waals surface area (Å²) in [4.78, 5) is 10.3. The van der Waals surface area contributed by atoms with E-state index in [0.29, 0.717) is 6.54 Å². The van der Waals surface area contributed by atoms with Gasteiger partial charge in [-0.3, -0.25) is 9.67 Å². The number of anilines is 1. The number of nitrogens with one attached hydrogen (secondary N) is 1. The van der Waals surface area contributed by atoms with E-state index in [-0.39, 0.29) is 0 Å². The van der Waals surface area contributed by atoms with Crippen LogP contribution in [0, 0.1) is 20.8 Å². The first kappa shape index (κ1) is 19.4. The van der Waals surface area contributed by atoms with E-state index in [1.54, 1.807) is 11.3 Å². The molecule has 4 heterocycles. The molecule has 29 heavy (non-hydrogen) atoms. The summed E-state index contributed by atoms with van der Waals surface area (Å²) < 4.78 is 7.60. The van der Waals surface area contributed by atoms with Crippen LogP contribution in [-0.4, -0.2) is 19.7 Å². The second-order valence-electron chi connectivity index (χ2n) is 7.14. The van der Waals surface area contributed by atoms with E-state index in [4.69, 9.17) is 9.52 Å². The highest BCUT2D eigenvalue weighted by Crippen LogP contribution is 2.31. The molecule has 0 spiro atoms. The van der Waals surface area contributed by atoms with Gasteiger partial charge < -0.3 is 9.73 Å². The lowest BCUT2D eigenvalue weighted by Crippen LogP contribution is -2.01. The third-order valence-corrected chi connectivity index (χ3v) is 5.78. The molecule has 0 aliphatic rings. The van der Waals surface area contributed by atoms with Gasteiger partial charge in [-0.1, -0.05) is 17.4 Å². The Kier molecular flexibility index (Phi) is 5.76. The fraction of sp³-hybridized carbons (Fsp3) is 0.318. The molecule has 0 atom stereocenters. The van der Waals surface area contributed by atoms with Crippen molar-refractivity contribution in [3.63, 3.8) is 0 Å². The van der Waals surface area contributed by atoms with Crippen molar-refractivity contribution in [1.29, 1.82) is 0 Å². The zero-order valence-corrected chi connectivity index (χ0v) is 17.8. The number of furan rings is 1. The Morgan fingerprint density at radius 1 is 1.07 bits per heavy atom. The van der Waals surface area contributed by atoms with Gasteiger partial charge in [0.2, 0.25) is 0 Å². The predicted octanol–water partition coefficient (Wildman–Crippen LogP) is 5.16. The maximum atomic E-state index is 5.60. The number of aryl methyl sites for hydroxylation is 5. The summed E-state index contributed by atoms with van der Waals surface area (Å²) in [6, 6.07) is 12.2. The summed E-state index contributed by atoms with van der Waals surface area (Å²) in [7, 11) is 0. The highest BCUT2D eigenvalue weighted by Gasteiger charge is 2.13. The van der Waals surface area contributed by atoms with Crippen LogP contribution >= 0.6 is 11.3 Å². The lowest BCUT2D eigenvalue weighted by molar-refractivity contribution is 0.490. The molecule has 0 amide bonds. The van der Waals surface area contributed by atoms with E-state index in [9.17, 15) is 0 Å². The number of aromatic nitrogens is 4. The molecule has 0 fully saturated rings. The van der Waals surface area contributed by atoms with Crippen LogP contribution in [0.4, 0.5) is 5.13 Å². The maximum Gasteiger partial charge on any atom is 0.183 e. The van der Waals surface area contributed by atoms with Gasteiger partial charge >= 0.3 is 0 Å². The quantitative estimate of drug-likeness (QED) is 0.437. The number of nitrogens with zero attached hydrogens (tertiary/aromatic N) is 4. The minimum atomic E-state index is 0.627. The third-order valence-electron chi connectivity index (χ3n) is 4.65. The van der Waals surface area contributed by atoms with Crippen molar-refractivity contribution in [2.45, 2.75) is 46.7 Å². The summed E-state index contributed by atoms with van der Waals surface area (Å²) in [5.41, 5.74) is 4.16. The Morgan fingerprint density at radius 2 is 1.97 bits per heavy atom. The molecule has 4 aromatic heterocycles. The van der Waals surface area contributed by atoms with E-state index in [0.717, 1.165) is 63.7 Å². The summed E-state index contributed by atoms with van der Waals surface area (Å²) in [6.45, 7) is 7.50. The summed E-state index contributed by atoms with van der Waals surface area (Å²) in [5.74, 6) is 1.82. The molecule has 0 unspecified atom stereocenters. The first-order valence-corrected chi connectivity index (χ1v) is 10.6. The van der Waals surface area contributed by atoms with Crippen LogP contribution in [0.2, 0.25) is 0 Å². The highest BCUT2D eigenvalue weighted by molar-refractivity contribution is 7.19. The molecule has 6 nitrogen and oxygen atoms in total. The van der Waals surface area contributed by atoms with Crippen LogP contribution in [0.1, 0.15) is 35.0 Å². The molecule has 4 rings (SSSR count). The molecular formula is C22H25N5OS. The van der Waals surface area contributed by atoms with Gasteiger partial charge in [0, 0.05) is 24.1 Å². The summed E-state index contributed by atoms with van der Waals surface area (Å²) in [6.07, 6.45) is 4.00. The van der Waals surface area contributed by atoms with Crippen molar-refractivity contribution >= 4 is 16.5 Å². The van der Waals surface area contributed by atoms with Crippen molar-refractivity contribution in [3.8, 4) is 10.6 Å². The normalized spacial score (nSPS) is 11.1. The number of hydrogen-bond donors (Lipinski definition) is 1. The Morgan fingerprint density at radius 3 is 2.76 bits per heavy atom. The molecule has 0 aliphatic carbocycles. The fourth-order valence-corrected chi connectivity index (χ4v) is 4.15. The van der Waals surface area contributed by atoms with Crippen molar-refractivity contribution in [3.05, 3.63) is 71.2 Å². The molecule has 0 saturated heterocycles. The molecule has 0 radical (unpaired) electrons. The third kappa shape index (κ3) is 4.92. The fourth-order valence-electron chi connectivity index (χ4n) is 3.22. The van der Waals surface area contributed by atoms with Crippen LogP contribution in [-0.2, 0) is 19.5 Å². The van der Waals surface area contributed by atoms with Crippen LogP contribution < -0.4 is 5.32 Å². The van der Waals surface area contributed by atoms with Gasteiger partial charge in [-0.05, 0) is 63.9 Å². The molecule has 0 aliphatic heterocycles. The van der Waals surface area contributed by atoms with E-state index in [2.05, 4.69) is 33.5 Å². The number of rotatable bonds is 8. The highest BCUT2D eigenvalue weighted by atomic mass is 32.1. The Bertz CT molecular complexity index is 1090. The van der Waals surface area contributed by atoms with E-state index < -0.39 is 0 Å². The van der Waals surface area contributed by atoms with Crippen molar-refractivity contribution in [2.24, 2.45) is 0 Å². The second kappa shape index (κ2) is 8.61. The smallest absolute Gasteiger partial charge is 0.183 e. The van der Waals surface area contributed by atoms with Crippen LogP contribution in [0.25, 0.3) is 10.6 Å². The van der Waals surface area contributed by atoms with Crippen molar-refractivity contribution < 1.29 is 4.42 Å². The molecule has 4 aromatic rings. The van der Waals surface area contributed by atoms with Crippen LogP contribution in [0.5, 0.6) is 0 Å². The molecule has 0 aromatic carbocycles. The van der Waals surface area contributed by atoms with E-state index >= 15 is 0 Å². The average Bonchev–Trinajstić information content (AvgIpc) is 3.40. The van der Waals surface area contributed by atoms with Crippen LogP contribution in [0.15, 0.2) is 47.0 Å². The first-order chi connectivity index (χ1) is 14.1. The summed E-state index contributed by atoms with van der Waals surface area (Å²) in [5, 5.41) is 8.97.